The van der Waals surface area contributed by atoms with Crippen LogP contribution in [-0.4, -0.2) is 0 Å². The van der Waals surface area contributed by atoms with Crippen molar-refractivity contribution in [1.82, 2.24) is 0 Å². The van der Waals surface area contributed by atoms with Crippen molar-refractivity contribution in [3.63, 3.8) is 0 Å². The monoisotopic (exact) mass is 282 g/mol. The summed E-state index contributed by atoms with van der Waals surface area (Å²) in [7, 11) is 0. The van der Waals surface area contributed by atoms with Crippen molar-refractivity contribution in [2.45, 2.75) is 25.3 Å². The van der Waals surface area contributed by atoms with Gasteiger partial charge in [-0.2, -0.15) is 5.26 Å². The number of rotatable bonds is 4. The molecule has 0 bridgehead atoms. The number of hydrogen-bond acceptors (Lipinski definition) is 2. The minimum absolute atomic E-state index is 0.493. The van der Waals surface area contributed by atoms with E-state index >= 15 is 0 Å². The maximum Gasteiger partial charge on any atom is 0.101 e. The van der Waals surface area contributed by atoms with Crippen LogP contribution in [-0.2, 0) is 6.54 Å². The summed E-state index contributed by atoms with van der Waals surface area (Å²) in [6, 6.07) is 16.1. The quantitative estimate of drug-likeness (QED) is 0.882. The van der Waals surface area contributed by atoms with E-state index in [0.29, 0.717) is 10.6 Å². The van der Waals surface area contributed by atoms with Gasteiger partial charge < -0.3 is 5.32 Å². The van der Waals surface area contributed by atoms with E-state index in [-0.39, 0.29) is 0 Å². The van der Waals surface area contributed by atoms with Crippen molar-refractivity contribution >= 4 is 17.3 Å². The van der Waals surface area contributed by atoms with Gasteiger partial charge in [0.1, 0.15) is 6.07 Å². The molecule has 2 nitrogen and oxygen atoms in total. The molecule has 3 heteroatoms. The minimum Gasteiger partial charge on any atom is -0.381 e. The van der Waals surface area contributed by atoms with Crippen LogP contribution in [0.5, 0.6) is 0 Å². The molecule has 0 spiro atoms. The molecule has 0 saturated heterocycles. The molecule has 0 radical (unpaired) electrons. The average Bonchev–Trinajstić information content (AvgIpc) is 3.30. The van der Waals surface area contributed by atoms with Crippen molar-refractivity contribution in [3.05, 3.63) is 64.2 Å². The molecule has 0 atom stereocenters. The lowest BCUT2D eigenvalue weighted by Gasteiger charge is -2.11. The Morgan fingerprint density at radius 1 is 1.20 bits per heavy atom. The largest absolute Gasteiger partial charge is 0.381 e. The molecule has 20 heavy (non-hydrogen) atoms. The molecule has 1 aliphatic carbocycles. The summed E-state index contributed by atoms with van der Waals surface area (Å²) < 4.78 is 0. The molecule has 0 aliphatic heterocycles. The van der Waals surface area contributed by atoms with Gasteiger partial charge in [0.15, 0.2) is 0 Å². The lowest BCUT2D eigenvalue weighted by molar-refractivity contribution is 1.04. The van der Waals surface area contributed by atoms with Crippen LogP contribution in [0.15, 0.2) is 42.5 Å². The van der Waals surface area contributed by atoms with Gasteiger partial charge in [-0.15, -0.1) is 0 Å². The molecule has 0 unspecified atom stereocenters. The average molecular weight is 283 g/mol. The predicted octanol–water partition coefficient (Wildman–Crippen LogP) is 4.70. The van der Waals surface area contributed by atoms with Gasteiger partial charge in [-0.1, -0.05) is 35.9 Å². The lowest BCUT2D eigenvalue weighted by atomic mass is 10.0. The first-order valence-corrected chi connectivity index (χ1v) is 7.17. The molecule has 0 amide bonds. The first-order chi connectivity index (χ1) is 9.78. The second-order valence-electron chi connectivity index (χ2n) is 5.13. The SMILES string of the molecule is N#Cc1ccc(NCc2ccccc2C2CC2)cc1Cl. The van der Waals surface area contributed by atoms with Crippen molar-refractivity contribution < 1.29 is 0 Å². The van der Waals surface area contributed by atoms with Crippen LogP contribution in [0, 0.1) is 11.3 Å². The van der Waals surface area contributed by atoms with Crippen LogP contribution < -0.4 is 5.32 Å². The van der Waals surface area contributed by atoms with E-state index in [9.17, 15) is 0 Å². The van der Waals surface area contributed by atoms with Gasteiger partial charge >= 0.3 is 0 Å². The van der Waals surface area contributed by atoms with Crippen LogP contribution in [0.25, 0.3) is 0 Å². The summed E-state index contributed by atoms with van der Waals surface area (Å²) in [4.78, 5) is 0. The van der Waals surface area contributed by atoms with E-state index in [1.165, 1.54) is 24.0 Å². The zero-order chi connectivity index (χ0) is 13.9. The van der Waals surface area contributed by atoms with Gasteiger partial charge in [-0.25, -0.2) is 0 Å². The normalized spacial score (nSPS) is 13.8. The third kappa shape index (κ3) is 2.79. The number of nitrogens with one attached hydrogen (secondary N) is 1. The van der Waals surface area contributed by atoms with Crippen LogP contribution in [0.1, 0.15) is 35.4 Å². The van der Waals surface area contributed by atoms with E-state index in [1.54, 1.807) is 12.1 Å². The highest BCUT2D eigenvalue weighted by Crippen LogP contribution is 2.41. The third-order valence-electron chi connectivity index (χ3n) is 3.64. The summed E-state index contributed by atoms with van der Waals surface area (Å²) in [5, 5.41) is 12.7. The number of nitrogens with zero attached hydrogens (tertiary/aromatic N) is 1. The number of anilines is 1. The highest BCUT2D eigenvalue weighted by molar-refractivity contribution is 6.32. The van der Waals surface area contributed by atoms with E-state index in [1.807, 2.05) is 6.07 Å². The standard InChI is InChI=1S/C17H15ClN2/c18-17-9-15(8-7-13(17)10-19)20-11-14-3-1-2-4-16(14)12-5-6-12/h1-4,7-9,12,20H,5-6,11H2. The maximum absolute atomic E-state index is 8.87. The smallest absolute Gasteiger partial charge is 0.101 e. The molecule has 0 aromatic heterocycles. The van der Waals surface area contributed by atoms with E-state index in [2.05, 4.69) is 35.7 Å². The number of benzene rings is 2. The maximum atomic E-state index is 8.87. The second-order valence-corrected chi connectivity index (χ2v) is 5.54. The van der Waals surface area contributed by atoms with Crippen molar-refractivity contribution in [2.24, 2.45) is 0 Å². The number of nitriles is 1. The third-order valence-corrected chi connectivity index (χ3v) is 3.96. The van der Waals surface area contributed by atoms with Crippen molar-refractivity contribution in [2.75, 3.05) is 5.32 Å². The van der Waals surface area contributed by atoms with Gasteiger partial charge in [-0.05, 0) is 48.1 Å². The molecular weight excluding hydrogens is 268 g/mol. The Hall–Kier alpha value is -1.98. The molecule has 0 heterocycles. The van der Waals surface area contributed by atoms with Gasteiger partial charge in [-0.3, -0.25) is 0 Å². The summed E-state index contributed by atoms with van der Waals surface area (Å²) in [6.45, 7) is 0.787. The lowest BCUT2D eigenvalue weighted by Crippen LogP contribution is -2.02. The molecule has 2 aromatic carbocycles. The Balaban J connectivity index is 1.74. The van der Waals surface area contributed by atoms with Crippen molar-refractivity contribution in [3.8, 4) is 6.07 Å². The Morgan fingerprint density at radius 2 is 2.00 bits per heavy atom. The van der Waals surface area contributed by atoms with Crippen molar-refractivity contribution in [1.29, 1.82) is 5.26 Å². The van der Waals surface area contributed by atoms with Gasteiger partial charge in [0.2, 0.25) is 0 Å². The highest BCUT2D eigenvalue weighted by Gasteiger charge is 2.25. The predicted molar refractivity (Wildman–Crippen MR) is 81.9 cm³/mol. The summed E-state index contributed by atoms with van der Waals surface area (Å²) in [5.41, 5.74) is 4.26. The molecule has 1 fully saturated rings. The Morgan fingerprint density at radius 3 is 2.70 bits per heavy atom. The first kappa shape index (κ1) is 13.0. The topological polar surface area (TPSA) is 35.8 Å². The Bertz CT molecular complexity index is 669. The molecule has 1 saturated carbocycles. The van der Waals surface area contributed by atoms with Gasteiger partial charge in [0, 0.05) is 12.2 Å². The zero-order valence-corrected chi connectivity index (χ0v) is 11.8. The zero-order valence-electron chi connectivity index (χ0n) is 11.1. The molecule has 1 N–H and O–H groups in total. The van der Waals surface area contributed by atoms with Crippen LogP contribution in [0.4, 0.5) is 5.69 Å². The Kier molecular flexibility index (Phi) is 3.62. The van der Waals surface area contributed by atoms with Crippen LogP contribution >= 0.6 is 11.6 Å². The second kappa shape index (κ2) is 5.56. The highest BCUT2D eigenvalue weighted by atomic mass is 35.5. The van der Waals surface area contributed by atoms with Gasteiger partial charge in [0.25, 0.3) is 0 Å². The molecule has 100 valence electrons. The fourth-order valence-corrected chi connectivity index (χ4v) is 2.62. The van der Waals surface area contributed by atoms with E-state index < -0.39 is 0 Å². The summed E-state index contributed by atoms with van der Waals surface area (Å²) >= 11 is 6.04. The van der Waals surface area contributed by atoms with E-state index in [0.717, 1.165) is 18.2 Å². The fraction of sp³-hybridized carbons (Fsp3) is 0.235. The number of hydrogen-bond donors (Lipinski definition) is 1. The van der Waals surface area contributed by atoms with Crippen LogP contribution in [0.3, 0.4) is 0 Å². The van der Waals surface area contributed by atoms with E-state index in [4.69, 9.17) is 16.9 Å². The molecule has 1 aliphatic rings. The molecular formula is C17H15ClN2. The minimum atomic E-state index is 0.493. The first-order valence-electron chi connectivity index (χ1n) is 6.79. The fourth-order valence-electron chi connectivity index (χ4n) is 2.40. The van der Waals surface area contributed by atoms with Gasteiger partial charge in [0.05, 0.1) is 10.6 Å². The number of halogens is 1. The Labute approximate surface area is 124 Å². The summed E-state index contributed by atoms with van der Waals surface area (Å²) in [6.07, 6.45) is 2.61. The molecule has 2 aromatic rings. The molecule has 3 rings (SSSR count). The summed E-state index contributed by atoms with van der Waals surface area (Å²) in [5.74, 6) is 0.748. The van der Waals surface area contributed by atoms with Crippen LogP contribution in [0.2, 0.25) is 5.02 Å².